The van der Waals surface area contributed by atoms with E-state index in [9.17, 15) is 9.59 Å². The molecule has 0 radical (unpaired) electrons. The van der Waals surface area contributed by atoms with Crippen LogP contribution in [0.3, 0.4) is 0 Å². The van der Waals surface area contributed by atoms with Gasteiger partial charge in [-0.1, -0.05) is 12.1 Å². The number of rotatable bonds is 6. The van der Waals surface area contributed by atoms with E-state index in [2.05, 4.69) is 10.3 Å². The molecule has 0 aromatic heterocycles. The van der Waals surface area contributed by atoms with Gasteiger partial charge in [0, 0.05) is 6.42 Å². The number of hydroxylamine groups is 1. The average Bonchev–Trinajstić information content (AvgIpc) is 2.28. The Bertz CT molecular complexity index is 418. The summed E-state index contributed by atoms with van der Waals surface area (Å²) in [5, 5.41) is 17.7. The molecule has 0 saturated carbocycles. The Kier molecular flexibility index (Phi) is 4.62. The van der Waals surface area contributed by atoms with E-state index in [4.69, 9.17) is 10.2 Å². The lowest BCUT2D eigenvalue weighted by Gasteiger charge is -2.12. The predicted octanol–water partition coefficient (Wildman–Crippen LogP) is 0.531. The number of benzene rings is 1. The van der Waals surface area contributed by atoms with Gasteiger partial charge < -0.3 is 15.1 Å². The molecule has 0 bridgehead atoms. The first-order valence-corrected chi connectivity index (χ1v) is 4.88. The molecule has 3 N–H and O–H groups in total. The maximum Gasteiger partial charge on any atom is 0.335 e. The van der Waals surface area contributed by atoms with Crippen LogP contribution in [0.1, 0.15) is 15.9 Å². The summed E-state index contributed by atoms with van der Waals surface area (Å²) in [4.78, 5) is 26.2. The Morgan fingerprint density at radius 3 is 2.65 bits per heavy atom. The maximum absolute atomic E-state index is 10.9. The minimum atomic E-state index is -1.06. The number of aromatic carboxylic acids is 1. The van der Waals surface area contributed by atoms with Crippen LogP contribution in [0.2, 0.25) is 0 Å². The Morgan fingerprint density at radius 2 is 2.12 bits per heavy atom. The van der Waals surface area contributed by atoms with E-state index in [1.165, 1.54) is 19.2 Å². The molecule has 1 unspecified atom stereocenters. The van der Waals surface area contributed by atoms with E-state index >= 15 is 0 Å². The van der Waals surface area contributed by atoms with Crippen molar-refractivity contribution in [3.8, 4) is 0 Å². The average molecular weight is 239 g/mol. The van der Waals surface area contributed by atoms with Crippen LogP contribution in [-0.2, 0) is 16.1 Å². The van der Waals surface area contributed by atoms with Gasteiger partial charge >= 0.3 is 11.9 Å². The molecule has 1 rings (SSSR count). The molecule has 0 fully saturated rings. The van der Waals surface area contributed by atoms with Crippen molar-refractivity contribution in [2.24, 2.45) is 0 Å². The zero-order valence-electron chi connectivity index (χ0n) is 9.21. The minimum Gasteiger partial charge on any atom is -0.480 e. The highest BCUT2D eigenvalue weighted by Gasteiger charge is 2.17. The summed E-state index contributed by atoms with van der Waals surface area (Å²) in [6, 6.07) is 5.22. The van der Waals surface area contributed by atoms with Gasteiger partial charge in [-0.25, -0.2) is 4.79 Å². The zero-order valence-corrected chi connectivity index (χ0v) is 9.21. The van der Waals surface area contributed by atoms with Crippen molar-refractivity contribution in [1.82, 2.24) is 5.48 Å². The van der Waals surface area contributed by atoms with Gasteiger partial charge in [-0.2, -0.15) is 5.48 Å². The van der Waals surface area contributed by atoms with Crippen molar-refractivity contribution in [1.29, 1.82) is 0 Å². The van der Waals surface area contributed by atoms with Gasteiger partial charge in [0.15, 0.2) is 0 Å². The monoisotopic (exact) mass is 239 g/mol. The van der Waals surface area contributed by atoms with E-state index in [0.717, 1.165) is 0 Å². The molecule has 0 aliphatic carbocycles. The SMILES string of the molecule is CONC(Cc1cccc(C(=O)O)c1)C(=O)O. The van der Waals surface area contributed by atoms with Crippen LogP contribution in [0.5, 0.6) is 0 Å². The van der Waals surface area contributed by atoms with Crippen molar-refractivity contribution in [2.45, 2.75) is 12.5 Å². The van der Waals surface area contributed by atoms with E-state index < -0.39 is 18.0 Å². The molecule has 0 amide bonds. The first kappa shape index (κ1) is 13.1. The molecule has 0 aliphatic rings. The number of nitrogens with one attached hydrogen (secondary N) is 1. The van der Waals surface area contributed by atoms with Gasteiger partial charge in [-0.15, -0.1) is 0 Å². The highest BCUT2D eigenvalue weighted by molar-refractivity contribution is 5.87. The molecule has 0 heterocycles. The molecule has 6 heteroatoms. The van der Waals surface area contributed by atoms with Crippen LogP contribution >= 0.6 is 0 Å². The number of hydrogen-bond donors (Lipinski definition) is 3. The third-order valence-corrected chi connectivity index (χ3v) is 2.17. The van der Waals surface area contributed by atoms with Gasteiger partial charge in [0.2, 0.25) is 0 Å². The summed E-state index contributed by atoms with van der Waals surface area (Å²) in [5.74, 6) is -2.11. The van der Waals surface area contributed by atoms with E-state index in [1.807, 2.05) is 0 Å². The largest absolute Gasteiger partial charge is 0.480 e. The fourth-order valence-corrected chi connectivity index (χ4v) is 1.39. The lowest BCUT2D eigenvalue weighted by molar-refractivity contribution is -0.143. The van der Waals surface area contributed by atoms with Crippen LogP contribution in [0.4, 0.5) is 0 Å². The van der Waals surface area contributed by atoms with E-state index in [0.29, 0.717) is 5.56 Å². The number of carboxylic acids is 2. The molecular formula is C11H13NO5. The number of hydrogen-bond acceptors (Lipinski definition) is 4. The third kappa shape index (κ3) is 3.86. The molecule has 0 saturated heterocycles. The molecule has 92 valence electrons. The fraction of sp³-hybridized carbons (Fsp3) is 0.273. The van der Waals surface area contributed by atoms with Crippen molar-refractivity contribution in [3.05, 3.63) is 35.4 Å². The molecule has 0 aliphatic heterocycles. The van der Waals surface area contributed by atoms with Gasteiger partial charge in [-0.05, 0) is 17.7 Å². The minimum absolute atomic E-state index is 0.129. The van der Waals surface area contributed by atoms with Crippen LogP contribution < -0.4 is 5.48 Å². The topological polar surface area (TPSA) is 95.9 Å². The first-order chi connectivity index (χ1) is 8.04. The van der Waals surface area contributed by atoms with Crippen molar-refractivity contribution >= 4 is 11.9 Å². The Hall–Kier alpha value is -1.92. The molecule has 1 atom stereocenters. The zero-order chi connectivity index (χ0) is 12.8. The van der Waals surface area contributed by atoms with Crippen molar-refractivity contribution < 1.29 is 24.6 Å². The van der Waals surface area contributed by atoms with E-state index in [-0.39, 0.29) is 12.0 Å². The third-order valence-electron chi connectivity index (χ3n) is 2.17. The van der Waals surface area contributed by atoms with Crippen molar-refractivity contribution in [2.75, 3.05) is 7.11 Å². The van der Waals surface area contributed by atoms with Crippen molar-refractivity contribution in [3.63, 3.8) is 0 Å². The molecule has 6 nitrogen and oxygen atoms in total. The Labute approximate surface area is 97.8 Å². The number of carboxylic acid groups (broad SMARTS) is 2. The molecule has 17 heavy (non-hydrogen) atoms. The summed E-state index contributed by atoms with van der Waals surface area (Å²) in [6.45, 7) is 0. The molecular weight excluding hydrogens is 226 g/mol. The molecule has 1 aromatic carbocycles. The molecule has 0 spiro atoms. The fourth-order valence-electron chi connectivity index (χ4n) is 1.39. The van der Waals surface area contributed by atoms with E-state index in [1.54, 1.807) is 12.1 Å². The van der Waals surface area contributed by atoms with Crippen LogP contribution in [-0.4, -0.2) is 35.3 Å². The second-order valence-electron chi connectivity index (χ2n) is 3.42. The smallest absolute Gasteiger partial charge is 0.335 e. The quantitative estimate of drug-likeness (QED) is 0.627. The van der Waals surface area contributed by atoms with Gasteiger partial charge in [0.1, 0.15) is 6.04 Å². The molecule has 1 aromatic rings. The Balaban J connectivity index is 2.82. The summed E-state index contributed by atoms with van der Waals surface area (Å²) < 4.78 is 0. The lowest BCUT2D eigenvalue weighted by atomic mass is 10.0. The normalized spacial score (nSPS) is 12.1. The van der Waals surface area contributed by atoms with Crippen LogP contribution in [0, 0.1) is 0 Å². The summed E-state index contributed by atoms with van der Waals surface area (Å²) >= 11 is 0. The number of carbonyl (C=O) groups is 2. The maximum atomic E-state index is 10.9. The Morgan fingerprint density at radius 1 is 1.41 bits per heavy atom. The lowest BCUT2D eigenvalue weighted by Crippen LogP contribution is -2.37. The summed E-state index contributed by atoms with van der Waals surface area (Å²) in [7, 11) is 1.32. The first-order valence-electron chi connectivity index (χ1n) is 4.88. The van der Waals surface area contributed by atoms with Gasteiger partial charge in [0.25, 0.3) is 0 Å². The number of aliphatic carboxylic acids is 1. The predicted molar refractivity (Wildman–Crippen MR) is 58.7 cm³/mol. The summed E-state index contributed by atoms with van der Waals surface area (Å²) in [5.41, 5.74) is 3.07. The van der Waals surface area contributed by atoms with Crippen LogP contribution in [0.25, 0.3) is 0 Å². The summed E-state index contributed by atoms with van der Waals surface area (Å²) in [6.07, 6.45) is 0.143. The highest BCUT2D eigenvalue weighted by Crippen LogP contribution is 2.08. The second-order valence-corrected chi connectivity index (χ2v) is 3.42. The van der Waals surface area contributed by atoms with Crippen LogP contribution in [0.15, 0.2) is 24.3 Å². The standard InChI is InChI=1S/C11H13NO5/c1-17-12-9(11(15)16)6-7-3-2-4-8(5-7)10(13)14/h2-5,9,12H,6H2,1H3,(H,13,14)(H,15,16). The highest BCUT2D eigenvalue weighted by atomic mass is 16.6. The second kappa shape index (κ2) is 5.97. The van der Waals surface area contributed by atoms with Gasteiger partial charge in [-0.3, -0.25) is 4.79 Å². The van der Waals surface area contributed by atoms with Gasteiger partial charge in [0.05, 0.1) is 12.7 Å².